The minimum absolute atomic E-state index is 0.372. The molecule has 1 aliphatic carbocycles. The van der Waals surface area contributed by atoms with Crippen LogP contribution >= 0.6 is 0 Å². The van der Waals surface area contributed by atoms with E-state index >= 15 is 0 Å². The fourth-order valence-electron chi connectivity index (χ4n) is 3.73. The maximum absolute atomic E-state index is 4.64. The summed E-state index contributed by atoms with van der Waals surface area (Å²) in [7, 11) is 2.05. The number of anilines is 1. The van der Waals surface area contributed by atoms with Crippen LogP contribution in [0.15, 0.2) is 6.33 Å². The zero-order valence-electron chi connectivity index (χ0n) is 12.8. The van der Waals surface area contributed by atoms with E-state index in [2.05, 4.69) is 27.1 Å². The molecule has 0 aromatic carbocycles. The van der Waals surface area contributed by atoms with E-state index in [1.807, 2.05) is 7.05 Å². The largest absolute Gasteiger partial charge is 0.356 e. The molecule has 0 radical (unpaired) electrons. The van der Waals surface area contributed by atoms with Gasteiger partial charge in [0.2, 0.25) is 0 Å². The third-order valence-electron chi connectivity index (χ3n) is 4.81. The van der Waals surface area contributed by atoms with Crippen LogP contribution in [0.2, 0.25) is 0 Å². The van der Waals surface area contributed by atoms with Gasteiger partial charge in [-0.3, -0.25) is 0 Å². The number of aromatic nitrogens is 2. The number of aryl methyl sites for hydroxylation is 1. The molecule has 1 aliphatic heterocycles. The van der Waals surface area contributed by atoms with E-state index in [-0.39, 0.29) is 0 Å². The number of fused-ring (bicyclic) bond motifs is 1. The third-order valence-corrected chi connectivity index (χ3v) is 4.81. The fourth-order valence-corrected chi connectivity index (χ4v) is 3.73. The van der Waals surface area contributed by atoms with Crippen LogP contribution in [0.4, 0.5) is 5.82 Å². The zero-order valence-corrected chi connectivity index (χ0v) is 12.8. The van der Waals surface area contributed by atoms with Crippen molar-refractivity contribution < 1.29 is 0 Å². The smallest absolute Gasteiger partial charge is 0.135 e. The molecule has 4 heteroatoms. The minimum Gasteiger partial charge on any atom is -0.356 e. The lowest BCUT2D eigenvalue weighted by Gasteiger charge is -2.26. The molecule has 4 nitrogen and oxygen atoms in total. The van der Waals surface area contributed by atoms with Gasteiger partial charge in [0.1, 0.15) is 12.1 Å². The first-order valence-electron chi connectivity index (χ1n) is 7.94. The van der Waals surface area contributed by atoms with Crippen LogP contribution in [-0.4, -0.2) is 36.6 Å². The molecule has 1 saturated heterocycles. The summed E-state index contributed by atoms with van der Waals surface area (Å²) in [6, 6.07) is 0. The molecule has 2 aliphatic rings. The molecule has 1 atom stereocenters. The summed E-state index contributed by atoms with van der Waals surface area (Å²) in [6.07, 6.45) is 9.19. The molecule has 3 rings (SSSR count). The van der Waals surface area contributed by atoms with Crippen molar-refractivity contribution in [3.8, 4) is 0 Å². The molecular weight excluding hydrogens is 248 g/mol. The van der Waals surface area contributed by atoms with Gasteiger partial charge in [-0.2, -0.15) is 0 Å². The Balaban J connectivity index is 1.85. The summed E-state index contributed by atoms with van der Waals surface area (Å²) in [4.78, 5) is 11.7. The van der Waals surface area contributed by atoms with Gasteiger partial charge in [0, 0.05) is 30.9 Å². The second-order valence-corrected chi connectivity index (χ2v) is 6.70. The molecule has 1 unspecified atom stereocenters. The Morgan fingerprint density at radius 1 is 1.25 bits per heavy atom. The van der Waals surface area contributed by atoms with E-state index in [0.29, 0.717) is 5.41 Å². The van der Waals surface area contributed by atoms with Gasteiger partial charge in [0.25, 0.3) is 0 Å². The van der Waals surface area contributed by atoms with Gasteiger partial charge in [-0.15, -0.1) is 0 Å². The second kappa shape index (κ2) is 5.68. The summed E-state index contributed by atoms with van der Waals surface area (Å²) < 4.78 is 0. The van der Waals surface area contributed by atoms with E-state index in [0.717, 1.165) is 32.5 Å². The molecule has 1 fully saturated rings. The molecule has 2 heterocycles. The van der Waals surface area contributed by atoms with Crippen LogP contribution < -0.4 is 10.2 Å². The molecule has 0 saturated carbocycles. The average Bonchev–Trinajstić information content (AvgIpc) is 2.68. The zero-order chi connectivity index (χ0) is 14.0. The van der Waals surface area contributed by atoms with Crippen LogP contribution in [0.1, 0.15) is 43.9 Å². The van der Waals surface area contributed by atoms with Gasteiger partial charge in [0.05, 0.1) is 0 Å². The molecule has 110 valence electrons. The van der Waals surface area contributed by atoms with Gasteiger partial charge in [-0.25, -0.2) is 9.97 Å². The molecule has 20 heavy (non-hydrogen) atoms. The Labute approximate surface area is 122 Å². The summed E-state index contributed by atoms with van der Waals surface area (Å²) in [5.41, 5.74) is 3.10. The van der Waals surface area contributed by atoms with Crippen molar-refractivity contribution in [2.75, 3.05) is 31.6 Å². The minimum atomic E-state index is 0.372. The third kappa shape index (κ3) is 2.66. The highest BCUT2D eigenvalue weighted by atomic mass is 15.2. The first kappa shape index (κ1) is 13.8. The Kier molecular flexibility index (Phi) is 3.92. The molecule has 0 spiro atoms. The summed E-state index contributed by atoms with van der Waals surface area (Å²) in [5, 5.41) is 3.34. The van der Waals surface area contributed by atoms with E-state index in [9.17, 15) is 0 Å². The van der Waals surface area contributed by atoms with Gasteiger partial charge in [0.15, 0.2) is 0 Å². The highest BCUT2D eigenvalue weighted by Crippen LogP contribution is 2.35. The normalized spacial score (nSPS) is 26.4. The van der Waals surface area contributed by atoms with Crippen molar-refractivity contribution in [3.05, 3.63) is 17.6 Å². The van der Waals surface area contributed by atoms with E-state index < -0.39 is 0 Å². The molecule has 1 aromatic rings. The standard InChI is InChI=1S/C16H26N4/c1-16(10-17-2)8-9-20(11-16)15-13-6-4-3-5-7-14(13)18-12-19-15/h12,17H,3-11H2,1-2H3. The van der Waals surface area contributed by atoms with Crippen LogP contribution in [0.5, 0.6) is 0 Å². The number of hydrogen-bond donors (Lipinski definition) is 1. The highest BCUT2D eigenvalue weighted by molar-refractivity contribution is 5.50. The number of hydrogen-bond acceptors (Lipinski definition) is 4. The van der Waals surface area contributed by atoms with Crippen molar-refractivity contribution in [3.63, 3.8) is 0 Å². The Morgan fingerprint density at radius 3 is 2.95 bits per heavy atom. The monoisotopic (exact) mass is 274 g/mol. The maximum Gasteiger partial charge on any atom is 0.135 e. The van der Waals surface area contributed by atoms with Crippen molar-refractivity contribution in [1.29, 1.82) is 0 Å². The predicted molar refractivity (Wildman–Crippen MR) is 82.2 cm³/mol. The lowest BCUT2D eigenvalue weighted by atomic mass is 9.90. The number of nitrogens with one attached hydrogen (secondary N) is 1. The second-order valence-electron chi connectivity index (χ2n) is 6.70. The van der Waals surface area contributed by atoms with Gasteiger partial charge < -0.3 is 10.2 Å². The van der Waals surface area contributed by atoms with Crippen molar-refractivity contribution in [2.45, 2.75) is 45.4 Å². The van der Waals surface area contributed by atoms with Crippen molar-refractivity contribution in [1.82, 2.24) is 15.3 Å². The van der Waals surface area contributed by atoms with Crippen LogP contribution in [-0.2, 0) is 12.8 Å². The molecule has 0 bridgehead atoms. The lowest BCUT2D eigenvalue weighted by Crippen LogP contribution is -2.33. The SMILES string of the molecule is CNCC1(C)CCN(c2ncnc3c2CCCCC3)C1. The fraction of sp³-hybridized carbons (Fsp3) is 0.750. The Hall–Kier alpha value is -1.16. The summed E-state index contributed by atoms with van der Waals surface area (Å²) >= 11 is 0. The Bertz CT molecular complexity index is 474. The summed E-state index contributed by atoms with van der Waals surface area (Å²) in [5.74, 6) is 1.22. The van der Waals surface area contributed by atoms with Crippen LogP contribution in [0.25, 0.3) is 0 Å². The molecule has 1 N–H and O–H groups in total. The van der Waals surface area contributed by atoms with Crippen molar-refractivity contribution >= 4 is 5.82 Å². The first-order valence-corrected chi connectivity index (χ1v) is 7.94. The number of nitrogens with zero attached hydrogens (tertiary/aromatic N) is 3. The quantitative estimate of drug-likeness (QED) is 0.858. The van der Waals surface area contributed by atoms with Gasteiger partial charge in [-0.05, 0) is 44.6 Å². The molecular formula is C16H26N4. The maximum atomic E-state index is 4.64. The number of rotatable bonds is 3. The van der Waals surface area contributed by atoms with Gasteiger partial charge >= 0.3 is 0 Å². The van der Waals surface area contributed by atoms with E-state index in [1.54, 1.807) is 6.33 Å². The van der Waals surface area contributed by atoms with E-state index in [4.69, 9.17) is 0 Å². The van der Waals surface area contributed by atoms with Crippen molar-refractivity contribution in [2.24, 2.45) is 5.41 Å². The van der Waals surface area contributed by atoms with Gasteiger partial charge in [-0.1, -0.05) is 13.3 Å². The molecule has 1 aromatic heterocycles. The lowest BCUT2D eigenvalue weighted by molar-refractivity contribution is 0.355. The topological polar surface area (TPSA) is 41.0 Å². The average molecular weight is 274 g/mol. The summed E-state index contributed by atoms with van der Waals surface area (Å²) in [6.45, 7) is 5.69. The highest BCUT2D eigenvalue weighted by Gasteiger charge is 2.35. The van der Waals surface area contributed by atoms with Crippen LogP contribution in [0.3, 0.4) is 0 Å². The van der Waals surface area contributed by atoms with Crippen LogP contribution in [0, 0.1) is 5.41 Å². The Morgan fingerprint density at radius 2 is 2.10 bits per heavy atom. The predicted octanol–water partition coefficient (Wildman–Crippen LogP) is 2.18. The molecule has 0 amide bonds. The van der Waals surface area contributed by atoms with E-state index in [1.165, 1.54) is 42.8 Å². The first-order chi connectivity index (χ1) is 9.72.